The Balaban J connectivity index is 1.14. The number of fused-ring (bicyclic) bond motifs is 1. The predicted octanol–water partition coefficient (Wildman–Crippen LogP) is 3.88. The molecule has 11 heteroatoms. The quantitative estimate of drug-likeness (QED) is 0.294. The van der Waals surface area contributed by atoms with Crippen LogP contribution in [-0.4, -0.2) is 62.3 Å². The molecule has 0 radical (unpaired) electrons. The van der Waals surface area contributed by atoms with Crippen LogP contribution in [0.2, 0.25) is 0 Å². The van der Waals surface area contributed by atoms with Crippen molar-refractivity contribution in [2.45, 2.75) is 19.9 Å². The maximum atomic E-state index is 13.9. The summed E-state index contributed by atoms with van der Waals surface area (Å²) in [6, 6.07) is 10.8. The minimum absolute atomic E-state index is 0.216. The molecule has 10 nitrogen and oxygen atoms in total. The molecule has 0 unspecified atom stereocenters. The fourth-order valence-corrected chi connectivity index (χ4v) is 4.72. The number of ether oxygens (including phenoxy) is 1. The zero-order valence-electron chi connectivity index (χ0n) is 21.4. The molecule has 0 aliphatic carbocycles. The van der Waals surface area contributed by atoms with E-state index in [4.69, 9.17) is 4.74 Å². The van der Waals surface area contributed by atoms with Crippen molar-refractivity contribution in [1.82, 2.24) is 35.5 Å². The number of imidazole rings is 1. The first-order valence-corrected chi connectivity index (χ1v) is 12.8. The number of aromatic nitrogens is 6. The average Bonchev–Trinajstić information content (AvgIpc) is 3.63. The number of morpholine rings is 1. The largest absolute Gasteiger partial charge is 0.378 e. The van der Waals surface area contributed by atoms with Crippen molar-refractivity contribution in [2.75, 3.05) is 31.2 Å². The Kier molecular flexibility index (Phi) is 6.72. The van der Waals surface area contributed by atoms with Crippen LogP contribution in [0.1, 0.15) is 28.7 Å². The van der Waals surface area contributed by atoms with Gasteiger partial charge in [-0.1, -0.05) is 19.1 Å². The third kappa shape index (κ3) is 5.08. The van der Waals surface area contributed by atoms with Gasteiger partial charge in [-0.05, 0) is 47.4 Å². The lowest BCUT2D eigenvalue weighted by molar-refractivity contribution is 0.0945. The smallest absolute Gasteiger partial charge is 0.271 e. The molecule has 1 aliphatic heterocycles. The van der Waals surface area contributed by atoms with Crippen molar-refractivity contribution in [3.05, 3.63) is 77.8 Å². The number of benzene rings is 2. The summed E-state index contributed by atoms with van der Waals surface area (Å²) < 4.78 is 19.3. The molecule has 5 aromatic rings. The normalized spacial score (nSPS) is 13.6. The van der Waals surface area contributed by atoms with Gasteiger partial charge in [0.25, 0.3) is 5.91 Å². The number of amides is 1. The van der Waals surface area contributed by atoms with Crippen LogP contribution in [0.15, 0.2) is 55.0 Å². The number of H-pyrrole nitrogens is 2. The van der Waals surface area contributed by atoms with Crippen LogP contribution in [0, 0.1) is 5.82 Å². The predicted molar refractivity (Wildman–Crippen MR) is 145 cm³/mol. The third-order valence-electron chi connectivity index (χ3n) is 6.82. The number of anilines is 1. The summed E-state index contributed by atoms with van der Waals surface area (Å²) in [4.78, 5) is 31.1. The van der Waals surface area contributed by atoms with Gasteiger partial charge in [0, 0.05) is 24.7 Å². The van der Waals surface area contributed by atoms with Crippen molar-refractivity contribution >= 4 is 22.6 Å². The van der Waals surface area contributed by atoms with Gasteiger partial charge in [-0.25, -0.2) is 19.3 Å². The van der Waals surface area contributed by atoms with E-state index in [-0.39, 0.29) is 24.0 Å². The van der Waals surface area contributed by atoms with Crippen molar-refractivity contribution in [1.29, 1.82) is 0 Å². The van der Waals surface area contributed by atoms with Crippen LogP contribution in [0.25, 0.3) is 33.5 Å². The monoisotopic (exact) mass is 526 g/mol. The molecule has 3 aromatic heterocycles. The summed E-state index contributed by atoms with van der Waals surface area (Å²) in [6.07, 6.45) is 5.63. The molecule has 6 rings (SSSR count). The molecule has 0 saturated carbocycles. The number of nitrogens with zero attached hydrogens (tertiary/aromatic N) is 5. The van der Waals surface area contributed by atoms with Gasteiger partial charge in [-0.3, -0.25) is 9.89 Å². The van der Waals surface area contributed by atoms with Crippen LogP contribution in [0.3, 0.4) is 0 Å². The molecule has 198 valence electrons. The van der Waals surface area contributed by atoms with E-state index in [1.807, 2.05) is 24.3 Å². The highest BCUT2D eigenvalue weighted by Crippen LogP contribution is 2.31. The second-order valence-corrected chi connectivity index (χ2v) is 9.27. The maximum absolute atomic E-state index is 13.9. The number of rotatable bonds is 7. The highest BCUT2D eigenvalue weighted by atomic mass is 19.1. The van der Waals surface area contributed by atoms with Crippen LogP contribution in [0.4, 0.5) is 10.2 Å². The van der Waals surface area contributed by atoms with Gasteiger partial charge in [-0.15, -0.1) is 0 Å². The van der Waals surface area contributed by atoms with E-state index in [1.54, 1.807) is 18.5 Å². The van der Waals surface area contributed by atoms with Crippen molar-refractivity contribution < 1.29 is 13.9 Å². The Bertz CT molecular complexity index is 1620. The van der Waals surface area contributed by atoms with E-state index in [9.17, 15) is 9.18 Å². The van der Waals surface area contributed by atoms with Crippen LogP contribution >= 0.6 is 0 Å². The maximum Gasteiger partial charge on any atom is 0.271 e. The van der Waals surface area contributed by atoms with E-state index >= 15 is 0 Å². The topological polar surface area (TPSA) is 125 Å². The second kappa shape index (κ2) is 10.6. The molecule has 4 heterocycles. The number of hydrogen-bond donors (Lipinski definition) is 3. The van der Waals surface area contributed by atoms with Crippen molar-refractivity contribution in [3.63, 3.8) is 0 Å². The first kappa shape index (κ1) is 24.7. The highest BCUT2D eigenvalue weighted by Gasteiger charge is 2.16. The molecule has 2 aromatic carbocycles. The van der Waals surface area contributed by atoms with E-state index in [1.165, 1.54) is 12.3 Å². The zero-order chi connectivity index (χ0) is 26.8. The van der Waals surface area contributed by atoms with E-state index in [2.05, 4.69) is 47.3 Å². The number of nitrogens with one attached hydrogen (secondary N) is 3. The third-order valence-corrected chi connectivity index (χ3v) is 6.82. The number of aromatic amines is 2. The summed E-state index contributed by atoms with van der Waals surface area (Å²) in [7, 11) is 0. The minimum atomic E-state index is -0.331. The SMILES string of the molecule is CCc1ccc(F)cc1-c1ccc2c(-c3nc(CNC(=O)c4cnc(N5CCOCC5)cn4)c[nH]3)n[nH]c2c1. The van der Waals surface area contributed by atoms with Crippen LogP contribution < -0.4 is 10.2 Å². The van der Waals surface area contributed by atoms with E-state index in [0.717, 1.165) is 52.9 Å². The summed E-state index contributed by atoms with van der Waals surface area (Å²) >= 11 is 0. The molecule has 1 saturated heterocycles. The van der Waals surface area contributed by atoms with Gasteiger partial charge in [0.1, 0.15) is 23.0 Å². The van der Waals surface area contributed by atoms with Gasteiger partial charge >= 0.3 is 0 Å². The Morgan fingerprint density at radius 3 is 2.79 bits per heavy atom. The minimum Gasteiger partial charge on any atom is -0.378 e. The Labute approximate surface area is 223 Å². The standard InChI is InChI=1S/C28H27FN8O2/c1-2-17-3-5-19(29)12-22(17)18-4-6-21-23(11-18)35-36-26(21)27-32-13-20(34-27)14-33-28(38)24-15-31-25(16-30-24)37-7-9-39-10-8-37/h3-6,11-13,15-16H,2,7-10,14H2,1H3,(H,32,34)(H,33,38)(H,35,36). The van der Waals surface area contributed by atoms with Crippen LogP contribution in [-0.2, 0) is 17.7 Å². The van der Waals surface area contributed by atoms with Gasteiger partial charge in [-0.2, -0.15) is 5.10 Å². The lowest BCUT2D eigenvalue weighted by atomic mass is 9.97. The zero-order valence-corrected chi connectivity index (χ0v) is 21.4. The Morgan fingerprint density at radius 1 is 1.13 bits per heavy atom. The van der Waals surface area contributed by atoms with E-state index < -0.39 is 0 Å². The molecule has 0 spiro atoms. The summed E-state index contributed by atoms with van der Waals surface area (Å²) in [5, 5.41) is 11.2. The van der Waals surface area contributed by atoms with Gasteiger partial charge in [0.05, 0.1) is 43.4 Å². The molecular formula is C28H27FN8O2. The Morgan fingerprint density at radius 2 is 2.00 bits per heavy atom. The first-order chi connectivity index (χ1) is 19.1. The van der Waals surface area contributed by atoms with Crippen molar-refractivity contribution in [3.8, 4) is 22.6 Å². The molecule has 1 amide bonds. The molecule has 3 N–H and O–H groups in total. The van der Waals surface area contributed by atoms with Gasteiger partial charge < -0.3 is 19.9 Å². The average molecular weight is 527 g/mol. The Hall–Kier alpha value is -4.64. The fraction of sp³-hybridized carbons (Fsp3) is 0.250. The molecule has 39 heavy (non-hydrogen) atoms. The lowest BCUT2D eigenvalue weighted by Gasteiger charge is -2.27. The van der Waals surface area contributed by atoms with Crippen molar-refractivity contribution in [2.24, 2.45) is 0 Å². The number of halogens is 1. The first-order valence-electron chi connectivity index (χ1n) is 12.8. The summed E-state index contributed by atoms with van der Waals surface area (Å²) in [5.41, 5.74) is 5.22. The number of aryl methyl sites for hydroxylation is 1. The number of carbonyl (C=O) groups excluding carboxylic acids is 1. The molecule has 0 atom stereocenters. The summed E-state index contributed by atoms with van der Waals surface area (Å²) in [6.45, 7) is 5.07. The van der Waals surface area contributed by atoms with Gasteiger partial charge in [0.15, 0.2) is 5.82 Å². The van der Waals surface area contributed by atoms with Crippen LogP contribution in [0.5, 0.6) is 0 Å². The molecular weight excluding hydrogens is 499 g/mol. The number of hydrogen-bond acceptors (Lipinski definition) is 7. The van der Waals surface area contributed by atoms with E-state index in [0.29, 0.717) is 30.4 Å². The second-order valence-electron chi connectivity index (χ2n) is 9.27. The number of carbonyl (C=O) groups is 1. The molecule has 1 fully saturated rings. The summed E-state index contributed by atoms with van der Waals surface area (Å²) in [5.74, 6) is 0.710. The van der Waals surface area contributed by atoms with Gasteiger partial charge in [0.2, 0.25) is 0 Å². The lowest BCUT2D eigenvalue weighted by Crippen LogP contribution is -2.37. The highest BCUT2D eigenvalue weighted by molar-refractivity contribution is 5.94. The molecule has 0 bridgehead atoms. The molecule has 1 aliphatic rings. The fourth-order valence-electron chi connectivity index (χ4n) is 4.72.